The maximum Gasteiger partial charge on any atom is 0.344 e. The number of halogens is 1. The van der Waals surface area contributed by atoms with E-state index >= 15 is 0 Å². The van der Waals surface area contributed by atoms with Crippen LogP contribution in [0.25, 0.3) is 10.8 Å². The van der Waals surface area contributed by atoms with Gasteiger partial charge in [0.1, 0.15) is 5.75 Å². The van der Waals surface area contributed by atoms with Crippen LogP contribution >= 0.6 is 15.9 Å². The molecule has 0 aliphatic heterocycles. The summed E-state index contributed by atoms with van der Waals surface area (Å²) in [5, 5.41) is 12.2. The normalized spacial score (nSPS) is 11.9. The number of aromatic hydroxyl groups is 1. The summed E-state index contributed by atoms with van der Waals surface area (Å²) in [5.41, 5.74) is 0.786. The summed E-state index contributed by atoms with van der Waals surface area (Å²) in [5.74, 6) is -1.32. The molecule has 0 aromatic heterocycles. The monoisotopic (exact) mass is 408 g/mol. The molecule has 1 unspecified atom stereocenters. The quantitative estimate of drug-likeness (QED) is 0.407. The minimum absolute atomic E-state index is 0.197. The average molecular weight is 409 g/mol. The van der Waals surface area contributed by atoms with E-state index < -0.39 is 17.9 Å². The lowest BCUT2D eigenvalue weighted by molar-refractivity contribution is -0.159. The first-order valence-corrected chi connectivity index (χ1v) is 9.24. The smallest absolute Gasteiger partial charge is 0.344 e. The number of phenolic OH excluding ortho intramolecular Hbond substituents is 1. The highest BCUT2D eigenvalue weighted by Gasteiger charge is 2.18. The first-order valence-electron chi connectivity index (χ1n) is 8.12. The number of ether oxygens (including phenoxy) is 2. The molecule has 1 N–H and O–H groups in total. The van der Waals surface area contributed by atoms with Gasteiger partial charge in [-0.1, -0.05) is 40.2 Å². The standard InChI is InChI=1S/C19H21BrO5/c1-13(19(23)25-12-18(22)24-9-3-2-8-20)14-4-5-16-11-17(21)7-6-15(16)10-14/h4-7,10-11,13,21H,2-3,8-9,12H2,1H3. The molecule has 0 fully saturated rings. The number of rotatable bonds is 8. The Bertz CT molecular complexity index is 744. The van der Waals surface area contributed by atoms with E-state index in [0.29, 0.717) is 6.61 Å². The molecule has 5 nitrogen and oxygen atoms in total. The molecule has 0 amide bonds. The van der Waals surface area contributed by atoms with Gasteiger partial charge in [0.15, 0.2) is 6.61 Å². The minimum Gasteiger partial charge on any atom is -0.508 e. The van der Waals surface area contributed by atoms with Crippen LogP contribution in [0.5, 0.6) is 5.75 Å². The van der Waals surface area contributed by atoms with Crippen molar-refractivity contribution in [3.63, 3.8) is 0 Å². The second kappa shape index (κ2) is 9.42. The first-order chi connectivity index (χ1) is 12.0. The highest BCUT2D eigenvalue weighted by atomic mass is 79.9. The van der Waals surface area contributed by atoms with E-state index in [1.165, 1.54) is 0 Å². The zero-order chi connectivity index (χ0) is 18.2. The van der Waals surface area contributed by atoms with Crippen LogP contribution in [0.1, 0.15) is 31.2 Å². The Labute approximate surface area is 155 Å². The van der Waals surface area contributed by atoms with E-state index in [4.69, 9.17) is 9.47 Å². The fourth-order valence-electron chi connectivity index (χ4n) is 2.34. The number of unbranched alkanes of at least 4 members (excludes halogenated alkanes) is 1. The zero-order valence-electron chi connectivity index (χ0n) is 14.0. The van der Waals surface area contributed by atoms with Gasteiger partial charge >= 0.3 is 11.9 Å². The van der Waals surface area contributed by atoms with Crippen LogP contribution in [0.15, 0.2) is 36.4 Å². The van der Waals surface area contributed by atoms with Gasteiger partial charge in [-0.15, -0.1) is 0 Å². The van der Waals surface area contributed by atoms with Gasteiger partial charge in [-0.2, -0.15) is 0 Å². The maximum atomic E-state index is 12.1. The number of fused-ring (bicyclic) bond motifs is 1. The molecule has 25 heavy (non-hydrogen) atoms. The van der Waals surface area contributed by atoms with Crippen LogP contribution in [0, 0.1) is 0 Å². The van der Waals surface area contributed by atoms with Crippen molar-refractivity contribution in [1.82, 2.24) is 0 Å². The molecule has 0 aliphatic rings. The van der Waals surface area contributed by atoms with Crippen LogP contribution < -0.4 is 0 Å². The molecule has 1 atom stereocenters. The van der Waals surface area contributed by atoms with Gasteiger partial charge in [0.05, 0.1) is 12.5 Å². The molecule has 0 saturated carbocycles. The third-order valence-electron chi connectivity index (χ3n) is 3.82. The highest BCUT2D eigenvalue weighted by Crippen LogP contribution is 2.25. The fourth-order valence-corrected chi connectivity index (χ4v) is 2.73. The molecule has 2 aromatic carbocycles. The van der Waals surface area contributed by atoms with Crippen LogP contribution in [-0.2, 0) is 19.1 Å². The van der Waals surface area contributed by atoms with Gasteiger partial charge in [-0.25, -0.2) is 4.79 Å². The van der Waals surface area contributed by atoms with Gasteiger partial charge in [0.25, 0.3) is 0 Å². The minimum atomic E-state index is -0.538. The summed E-state index contributed by atoms with van der Waals surface area (Å²) in [4.78, 5) is 23.7. The van der Waals surface area contributed by atoms with Crippen LogP contribution in [0.4, 0.5) is 0 Å². The van der Waals surface area contributed by atoms with Crippen molar-refractivity contribution in [3.05, 3.63) is 42.0 Å². The first kappa shape index (κ1) is 19.2. The Morgan fingerprint density at radius 2 is 1.80 bits per heavy atom. The maximum absolute atomic E-state index is 12.1. The molecule has 0 bridgehead atoms. The number of phenols is 1. The predicted octanol–water partition coefficient (Wildman–Crippen LogP) is 3.91. The SMILES string of the molecule is CC(C(=O)OCC(=O)OCCCCBr)c1ccc2cc(O)ccc2c1. The van der Waals surface area contributed by atoms with Gasteiger partial charge < -0.3 is 14.6 Å². The molecule has 0 radical (unpaired) electrons. The lowest BCUT2D eigenvalue weighted by Gasteiger charge is -2.12. The second-order valence-corrected chi connectivity index (χ2v) is 6.53. The number of benzene rings is 2. The molecule has 0 saturated heterocycles. The molecular formula is C19H21BrO5. The number of carbonyl (C=O) groups excluding carboxylic acids is 2. The Morgan fingerprint density at radius 1 is 1.08 bits per heavy atom. The summed E-state index contributed by atoms with van der Waals surface area (Å²) in [6.07, 6.45) is 1.69. The average Bonchev–Trinajstić information content (AvgIpc) is 2.62. The molecule has 6 heteroatoms. The number of hydrogen-bond donors (Lipinski definition) is 1. The number of carbonyl (C=O) groups is 2. The zero-order valence-corrected chi connectivity index (χ0v) is 15.6. The molecule has 0 aliphatic carbocycles. The number of alkyl halides is 1. The lowest BCUT2D eigenvalue weighted by atomic mass is 9.98. The molecular weight excluding hydrogens is 388 g/mol. The van der Waals surface area contributed by atoms with E-state index in [1.807, 2.05) is 18.2 Å². The van der Waals surface area contributed by atoms with Crippen molar-refractivity contribution >= 4 is 38.6 Å². The van der Waals surface area contributed by atoms with Crippen LogP contribution in [0.3, 0.4) is 0 Å². The van der Waals surface area contributed by atoms with E-state index in [1.54, 1.807) is 25.1 Å². The molecule has 0 spiro atoms. The van der Waals surface area contributed by atoms with E-state index in [9.17, 15) is 14.7 Å². The van der Waals surface area contributed by atoms with Crippen molar-refractivity contribution in [2.24, 2.45) is 0 Å². The highest BCUT2D eigenvalue weighted by molar-refractivity contribution is 9.09. The van der Waals surface area contributed by atoms with Gasteiger partial charge in [0, 0.05) is 5.33 Å². The van der Waals surface area contributed by atoms with E-state index in [0.717, 1.165) is 34.5 Å². The van der Waals surface area contributed by atoms with E-state index in [-0.39, 0.29) is 12.4 Å². The van der Waals surface area contributed by atoms with Gasteiger partial charge in [0.2, 0.25) is 0 Å². The topological polar surface area (TPSA) is 72.8 Å². The summed E-state index contributed by atoms with van der Waals surface area (Å²) in [7, 11) is 0. The third kappa shape index (κ3) is 5.74. The number of hydrogen-bond acceptors (Lipinski definition) is 5. The Hall–Kier alpha value is -2.08. The summed E-state index contributed by atoms with van der Waals surface area (Å²) < 4.78 is 10.0. The largest absolute Gasteiger partial charge is 0.508 e. The third-order valence-corrected chi connectivity index (χ3v) is 4.39. The Morgan fingerprint density at radius 3 is 2.56 bits per heavy atom. The van der Waals surface area contributed by atoms with Crippen LogP contribution in [0.2, 0.25) is 0 Å². The van der Waals surface area contributed by atoms with Gasteiger partial charge in [-0.3, -0.25) is 4.79 Å². The lowest BCUT2D eigenvalue weighted by Crippen LogP contribution is -2.20. The van der Waals surface area contributed by atoms with Crippen molar-refractivity contribution < 1.29 is 24.2 Å². The predicted molar refractivity (Wildman–Crippen MR) is 99.0 cm³/mol. The van der Waals surface area contributed by atoms with Crippen molar-refractivity contribution in [2.45, 2.75) is 25.7 Å². The van der Waals surface area contributed by atoms with Gasteiger partial charge in [-0.05, 0) is 48.2 Å². The Balaban J connectivity index is 1.89. The molecule has 2 rings (SSSR count). The number of esters is 2. The van der Waals surface area contributed by atoms with E-state index in [2.05, 4.69) is 15.9 Å². The van der Waals surface area contributed by atoms with Crippen LogP contribution in [-0.4, -0.2) is 35.6 Å². The van der Waals surface area contributed by atoms with Crippen molar-refractivity contribution in [3.8, 4) is 5.75 Å². The molecule has 0 heterocycles. The fraction of sp³-hybridized carbons (Fsp3) is 0.368. The second-order valence-electron chi connectivity index (χ2n) is 5.74. The summed E-state index contributed by atoms with van der Waals surface area (Å²) in [6, 6.07) is 10.6. The van der Waals surface area contributed by atoms with Crippen molar-refractivity contribution in [1.29, 1.82) is 0 Å². The van der Waals surface area contributed by atoms with Crippen molar-refractivity contribution in [2.75, 3.05) is 18.5 Å². The molecule has 134 valence electrons. The summed E-state index contributed by atoms with van der Waals surface area (Å²) in [6.45, 7) is 1.68. The Kier molecular flexibility index (Phi) is 7.25. The molecule has 2 aromatic rings. The summed E-state index contributed by atoms with van der Waals surface area (Å²) >= 11 is 3.30.